The van der Waals surface area contributed by atoms with Crippen LogP contribution in [-0.2, 0) is 26.0 Å². The minimum atomic E-state index is -3.85. The summed E-state index contributed by atoms with van der Waals surface area (Å²) in [6.45, 7) is 1.02. The molecule has 3 N–H and O–H groups in total. The highest BCUT2D eigenvalue weighted by Gasteiger charge is 2.23. The van der Waals surface area contributed by atoms with Crippen molar-refractivity contribution < 1.29 is 18.0 Å². The Bertz CT molecular complexity index is 1010. The maximum Gasteiger partial charge on any atom is 0.243 e. The number of carbonyl (C=O) groups excluding carboxylic acids is 2. The van der Waals surface area contributed by atoms with E-state index in [1.807, 2.05) is 6.07 Å². The first-order valence-electron chi connectivity index (χ1n) is 10.4. The van der Waals surface area contributed by atoms with Gasteiger partial charge in [-0.2, -0.15) is 9.40 Å². The third-order valence-corrected chi connectivity index (χ3v) is 7.20. The number of hydrogen-bond donors (Lipinski definition) is 3. The molecule has 168 valence electrons. The third-order valence-electron chi connectivity index (χ3n) is 5.38. The number of amides is 2. The molecular weight excluding hydrogens is 418 g/mol. The van der Waals surface area contributed by atoms with Crippen LogP contribution in [0, 0.1) is 5.92 Å². The fourth-order valence-electron chi connectivity index (χ4n) is 3.80. The molecule has 0 radical (unpaired) electrons. The van der Waals surface area contributed by atoms with Crippen molar-refractivity contribution in [2.24, 2.45) is 5.92 Å². The van der Waals surface area contributed by atoms with Crippen LogP contribution in [0.15, 0.2) is 35.2 Å². The van der Waals surface area contributed by atoms with Gasteiger partial charge in [-0.25, -0.2) is 8.42 Å². The molecule has 1 heterocycles. The van der Waals surface area contributed by atoms with Crippen molar-refractivity contribution in [1.29, 1.82) is 0 Å². The van der Waals surface area contributed by atoms with Gasteiger partial charge in [0.25, 0.3) is 0 Å². The summed E-state index contributed by atoms with van der Waals surface area (Å²) in [5.74, 6) is 0.314. The molecule has 1 aliphatic rings. The molecule has 1 aromatic heterocycles. The van der Waals surface area contributed by atoms with E-state index >= 15 is 0 Å². The van der Waals surface area contributed by atoms with Crippen LogP contribution in [0.2, 0.25) is 0 Å². The van der Waals surface area contributed by atoms with Crippen LogP contribution in [-0.4, -0.2) is 48.3 Å². The Morgan fingerprint density at radius 1 is 1.13 bits per heavy atom. The van der Waals surface area contributed by atoms with Gasteiger partial charge in [-0.15, -0.1) is 0 Å². The number of hydrogen-bond acceptors (Lipinski definition) is 5. The number of likely N-dealkylation sites (N-methyl/N-ethyl adjacent to an activating group) is 1. The Kier molecular flexibility index (Phi) is 7.45. The number of rotatable bonds is 8. The largest absolute Gasteiger partial charge is 0.326 e. The van der Waals surface area contributed by atoms with Crippen molar-refractivity contribution in [2.45, 2.75) is 50.3 Å². The molecule has 1 aliphatic carbocycles. The molecule has 0 saturated heterocycles. The second kappa shape index (κ2) is 10.1. The zero-order chi connectivity index (χ0) is 22.4. The van der Waals surface area contributed by atoms with Crippen LogP contribution in [0.3, 0.4) is 0 Å². The van der Waals surface area contributed by atoms with Crippen molar-refractivity contribution in [1.82, 2.24) is 14.5 Å². The average Bonchev–Trinajstić information content (AvgIpc) is 3.15. The van der Waals surface area contributed by atoms with Gasteiger partial charge in [0.2, 0.25) is 21.8 Å². The molecular formula is C21H29N5O4S. The summed E-state index contributed by atoms with van der Waals surface area (Å²) in [6, 6.07) is 7.59. The number of nitrogens with one attached hydrogen (secondary N) is 3. The molecule has 0 unspecified atom stereocenters. The zero-order valence-corrected chi connectivity index (χ0v) is 18.7. The monoisotopic (exact) mass is 447 g/mol. The van der Waals surface area contributed by atoms with E-state index in [1.165, 1.54) is 70.3 Å². The first kappa shape index (κ1) is 23.0. The molecule has 2 amide bonds. The summed E-state index contributed by atoms with van der Waals surface area (Å²) < 4.78 is 26.4. The van der Waals surface area contributed by atoms with Crippen LogP contribution in [0.25, 0.3) is 0 Å². The van der Waals surface area contributed by atoms with E-state index in [1.54, 1.807) is 0 Å². The fraction of sp³-hybridized carbons (Fsp3) is 0.476. The minimum Gasteiger partial charge on any atom is -0.326 e. The van der Waals surface area contributed by atoms with Gasteiger partial charge >= 0.3 is 0 Å². The number of anilines is 2. The molecule has 10 heteroatoms. The van der Waals surface area contributed by atoms with Gasteiger partial charge in [-0.1, -0.05) is 32.1 Å². The number of carbonyl (C=O) groups is 2. The standard InChI is InChI=1S/C21H29N5O4S/c1-15(27)22-17-8-10-19(11-9-17)31(29,30)26(2)14-21(28)23-20-13-18(24-25-20)12-16-6-4-3-5-7-16/h8-11,13,16H,3-7,12,14H2,1-2H3,(H,22,27)(H2,23,24,25,28). The highest BCUT2D eigenvalue weighted by molar-refractivity contribution is 7.89. The second-order valence-electron chi connectivity index (χ2n) is 8.00. The fourth-order valence-corrected chi connectivity index (χ4v) is 4.92. The van der Waals surface area contributed by atoms with Crippen LogP contribution >= 0.6 is 0 Å². The number of H-pyrrole nitrogens is 1. The van der Waals surface area contributed by atoms with Gasteiger partial charge in [-0.3, -0.25) is 14.7 Å². The van der Waals surface area contributed by atoms with Gasteiger partial charge in [0.15, 0.2) is 5.82 Å². The van der Waals surface area contributed by atoms with Gasteiger partial charge in [0, 0.05) is 31.4 Å². The summed E-state index contributed by atoms with van der Waals surface area (Å²) in [4.78, 5) is 23.5. The molecule has 0 atom stereocenters. The lowest BCUT2D eigenvalue weighted by Crippen LogP contribution is -2.35. The zero-order valence-electron chi connectivity index (χ0n) is 17.8. The van der Waals surface area contributed by atoms with Crippen molar-refractivity contribution >= 4 is 33.3 Å². The first-order valence-corrected chi connectivity index (χ1v) is 11.9. The van der Waals surface area contributed by atoms with Gasteiger partial charge < -0.3 is 10.6 Å². The number of sulfonamides is 1. The van der Waals surface area contributed by atoms with Crippen LogP contribution < -0.4 is 10.6 Å². The molecule has 1 aromatic carbocycles. The molecule has 3 rings (SSSR count). The number of benzene rings is 1. The van der Waals surface area contributed by atoms with E-state index in [4.69, 9.17) is 0 Å². The SMILES string of the molecule is CC(=O)Nc1ccc(S(=O)(=O)N(C)CC(=O)Nc2cc(CC3CCCCC3)[nH]n2)cc1. The highest BCUT2D eigenvalue weighted by Crippen LogP contribution is 2.26. The Hall–Kier alpha value is -2.72. The van der Waals surface area contributed by atoms with Crippen LogP contribution in [0.1, 0.15) is 44.7 Å². The van der Waals surface area contributed by atoms with E-state index in [0.717, 1.165) is 16.4 Å². The molecule has 31 heavy (non-hydrogen) atoms. The van der Waals surface area contributed by atoms with E-state index in [9.17, 15) is 18.0 Å². The Morgan fingerprint density at radius 3 is 2.45 bits per heavy atom. The predicted octanol–water partition coefficient (Wildman–Crippen LogP) is 2.75. The normalized spacial score (nSPS) is 15.1. The molecule has 0 aliphatic heterocycles. The molecule has 1 fully saturated rings. The average molecular weight is 448 g/mol. The lowest BCUT2D eigenvalue weighted by atomic mass is 9.86. The Balaban J connectivity index is 1.55. The van der Waals surface area contributed by atoms with Gasteiger partial charge in [0.1, 0.15) is 0 Å². The lowest BCUT2D eigenvalue weighted by Gasteiger charge is -2.20. The van der Waals surface area contributed by atoms with Crippen LogP contribution in [0.4, 0.5) is 11.5 Å². The van der Waals surface area contributed by atoms with Crippen molar-refractivity contribution in [2.75, 3.05) is 24.2 Å². The van der Waals surface area contributed by atoms with E-state index in [-0.39, 0.29) is 17.3 Å². The molecule has 0 spiro atoms. The topological polar surface area (TPSA) is 124 Å². The molecule has 1 saturated carbocycles. The Labute approximate surface area is 182 Å². The maximum absolute atomic E-state index is 12.7. The summed E-state index contributed by atoms with van der Waals surface area (Å²) in [6.07, 6.45) is 7.17. The molecule has 9 nitrogen and oxygen atoms in total. The van der Waals surface area contributed by atoms with E-state index in [0.29, 0.717) is 17.4 Å². The number of aromatic nitrogens is 2. The summed E-state index contributed by atoms with van der Waals surface area (Å²) in [5.41, 5.74) is 1.47. The van der Waals surface area contributed by atoms with Crippen LogP contribution in [0.5, 0.6) is 0 Å². The highest BCUT2D eigenvalue weighted by atomic mass is 32.2. The van der Waals surface area contributed by atoms with Crippen molar-refractivity contribution in [3.05, 3.63) is 36.0 Å². The smallest absolute Gasteiger partial charge is 0.243 e. The quantitative estimate of drug-likeness (QED) is 0.574. The van der Waals surface area contributed by atoms with Crippen molar-refractivity contribution in [3.63, 3.8) is 0 Å². The van der Waals surface area contributed by atoms with E-state index in [2.05, 4.69) is 20.8 Å². The first-order chi connectivity index (χ1) is 14.7. The Morgan fingerprint density at radius 2 is 1.81 bits per heavy atom. The van der Waals surface area contributed by atoms with Gasteiger partial charge in [-0.05, 0) is 36.6 Å². The van der Waals surface area contributed by atoms with E-state index < -0.39 is 15.9 Å². The predicted molar refractivity (Wildman–Crippen MR) is 118 cm³/mol. The second-order valence-corrected chi connectivity index (χ2v) is 10.0. The summed E-state index contributed by atoms with van der Waals surface area (Å²) in [7, 11) is -2.51. The van der Waals surface area contributed by atoms with Gasteiger partial charge in [0.05, 0.1) is 11.4 Å². The number of nitrogens with zero attached hydrogens (tertiary/aromatic N) is 2. The maximum atomic E-state index is 12.7. The third kappa shape index (κ3) is 6.38. The van der Waals surface area contributed by atoms with Crippen molar-refractivity contribution in [3.8, 4) is 0 Å². The summed E-state index contributed by atoms with van der Waals surface area (Å²) in [5, 5.41) is 12.3. The summed E-state index contributed by atoms with van der Waals surface area (Å²) >= 11 is 0. The molecule has 2 aromatic rings. The number of aromatic amines is 1. The lowest BCUT2D eigenvalue weighted by molar-refractivity contribution is -0.116. The minimum absolute atomic E-state index is 0.0337. The molecule has 0 bridgehead atoms.